The zero-order chi connectivity index (χ0) is 23.9. The van der Waals surface area contributed by atoms with Crippen LogP contribution < -0.4 is 11.1 Å². The fourth-order valence-electron chi connectivity index (χ4n) is 3.92. The number of nitrogens with one attached hydrogen (secondary N) is 1. The van der Waals surface area contributed by atoms with Crippen LogP contribution in [0, 0.1) is 5.41 Å². The van der Waals surface area contributed by atoms with E-state index in [0.29, 0.717) is 28.8 Å². The van der Waals surface area contributed by atoms with Gasteiger partial charge in [-0.3, -0.25) is 19.2 Å². The second-order valence-corrected chi connectivity index (χ2v) is 8.59. The lowest BCUT2D eigenvalue weighted by atomic mass is 9.70. The molecule has 1 aliphatic rings. The van der Waals surface area contributed by atoms with Crippen LogP contribution in [-0.4, -0.2) is 36.6 Å². The first-order valence-electron chi connectivity index (χ1n) is 10.7. The predicted octanol–water partition coefficient (Wildman–Crippen LogP) is 2.79. The molecule has 2 rings (SSSR count). The molecule has 0 saturated heterocycles. The Morgan fingerprint density at radius 1 is 1.03 bits per heavy atom. The molecular weight excluding hydrogens is 408 g/mol. The van der Waals surface area contributed by atoms with Crippen molar-refractivity contribution < 1.29 is 23.9 Å². The first-order valence-corrected chi connectivity index (χ1v) is 10.7. The van der Waals surface area contributed by atoms with Crippen LogP contribution in [0.1, 0.15) is 52.5 Å². The first-order chi connectivity index (χ1) is 15.1. The molecular formula is C25H32N2O5. The largest absolute Gasteiger partial charge is 0.464 e. The van der Waals surface area contributed by atoms with Gasteiger partial charge in [-0.15, -0.1) is 0 Å². The molecule has 1 aliphatic carbocycles. The van der Waals surface area contributed by atoms with Crippen molar-refractivity contribution in [3.05, 3.63) is 58.2 Å². The van der Waals surface area contributed by atoms with Crippen molar-refractivity contribution in [2.45, 2.75) is 53.5 Å². The third-order valence-corrected chi connectivity index (χ3v) is 5.59. The summed E-state index contributed by atoms with van der Waals surface area (Å²) in [5.41, 5.74) is 6.79. The van der Waals surface area contributed by atoms with E-state index >= 15 is 0 Å². The number of allylic oxidation sites excluding steroid dienone is 4. The number of amides is 1. The van der Waals surface area contributed by atoms with Crippen molar-refractivity contribution in [2.75, 3.05) is 13.2 Å². The van der Waals surface area contributed by atoms with E-state index in [0.717, 1.165) is 5.56 Å². The third-order valence-electron chi connectivity index (χ3n) is 5.59. The van der Waals surface area contributed by atoms with Crippen LogP contribution in [-0.2, 0) is 30.5 Å². The Bertz CT molecular complexity index is 958. The summed E-state index contributed by atoms with van der Waals surface area (Å²) in [5, 5.41) is 2.83. The molecule has 0 aliphatic heterocycles. The summed E-state index contributed by atoms with van der Waals surface area (Å²) in [6.45, 7) is 7.43. The maximum atomic E-state index is 13.1. The topological polar surface area (TPSA) is 116 Å². The average Bonchev–Trinajstić information content (AvgIpc) is 2.75. The SMILES string of the molecule is CC1=C(CCC(=O)NCc2ccccc2)C(=O)C(C)=C(C(C)(C)CC(=O)OCCN)C1=O. The summed E-state index contributed by atoms with van der Waals surface area (Å²) in [5.74, 6) is -1.18. The molecule has 32 heavy (non-hydrogen) atoms. The zero-order valence-corrected chi connectivity index (χ0v) is 19.2. The molecule has 0 bridgehead atoms. The molecule has 0 fully saturated rings. The maximum Gasteiger partial charge on any atom is 0.306 e. The van der Waals surface area contributed by atoms with E-state index in [1.807, 2.05) is 30.3 Å². The van der Waals surface area contributed by atoms with E-state index in [2.05, 4.69) is 5.32 Å². The molecule has 0 atom stereocenters. The molecule has 0 heterocycles. The Morgan fingerprint density at radius 3 is 2.31 bits per heavy atom. The second kappa shape index (κ2) is 11.0. The van der Waals surface area contributed by atoms with Crippen LogP contribution in [0.5, 0.6) is 0 Å². The summed E-state index contributed by atoms with van der Waals surface area (Å²) >= 11 is 0. The summed E-state index contributed by atoms with van der Waals surface area (Å²) in [7, 11) is 0. The van der Waals surface area contributed by atoms with Crippen LogP contribution in [0.3, 0.4) is 0 Å². The molecule has 0 spiro atoms. The van der Waals surface area contributed by atoms with Crippen LogP contribution in [0.2, 0.25) is 0 Å². The van der Waals surface area contributed by atoms with E-state index in [-0.39, 0.29) is 49.9 Å². The predicted molar refractivity (Wildman–Crippen MR) is 121 cm³/mol. The number of Topliss-reactive ketones (excluding diaryl/α,β-unsaturated/α-hetero) is 2. The molecule has 1 amide bonds. The number of nitrogens with two attached hydrogens (primary N) is 1. The van der Waals surface area contributed by atoms with Crippen molar-refractivity contribution in [3.63, 3.8) is 0 Å². The molecule has 3 N–H and O–H groups in total. The minimum absolute atomic E-state index is 0.0385. The van der Waals surface area contributed by atoms with Gasteiger partial charge >= 0.3 is 5.97 Å². The fraction of sp³-hybridized carbons (Fsp3) is 0.440. The van der Waals surface area contributed by atoms with E-state index in [1.165, 1.54) is 0 Å². The number of carbonyl (C=O) groups is 4. The lowest BCUT2D eigenvalue weighted by molar-refractivity contribution is -0.145. The van der Waals surface area contributed by atoms with Gasteiger partial charge in [-0.25, -0.2) is 0 Å². The first kappa shape index (κ1) is 25.2. The van der Waals surface area contributed by atoms with Gasteiger partial charge in [0.25, 0.3) is 0 Å². The number of carbonyl (C=O) groups excluding carboxylic acids is 4. The lowest BCUT2D eigenvalue weighted by Crippen LogP contribution is -2.33. The number of benzene rings is 1. The summed E-state index contributed by atoms with van der Waals surface area (Å²) in [6, 6.07) is 9.53. The molecule has 7 nitrogen and oxygen atoms in total. The van der Waals surface area contributed by atoms with Crippen molar-refractivity contribution in [3.8, 4) is 0 Å². The minimum atomic E-state index is -0.873. The van der Waals surface area contributed by atoms with Gasteiger partial charge in [0.2, 0.25) is 5.91 Å². The van der Waals surface area contributed by atoms with E-state index in [1.54, 1.807) is 27.7 Å². The van der Waals surface area contributed by atoms with Gasteiger partial charge in [-0.1, -0.05) is 44.2 Å². The molecule has 1 aromatic rings. The Morgan fingerprint density at radius 2 is 1.69 bits per heavy atom. The van der Waals surface area contributed by atoms with Gasteiger partial charge in [0.05, 0.1) is 6.42 Å². The Balaban J connectivity index is 2.07. The second-order valence-electron chi connectivity index (χ2n) is 8.59. The molecule has 0 saturated carbocycles. The summed E-state index contributed by atoms with van der Waals surface area (Å²) in [4.78, 5) is 50.6. The number of esters is 1. The number of rotatable bonds is 10. The van der Waals surface area contributed by atoms with Gasteiger partial charge in [0.1, 0.15) is 6.61 Å². The Labute approximate surface area is 189 Å². The van der Waals surface area contributed by atoms with Crippen molar-refractivity contribution in [1.82, 2.24) is 5.32 Å². The highest BCUT2D eigenvalue weighted by atomic mass is 16.5. The highest BCUT2D eigenvalue weighted by Crippen LogP contribution is 2.39. The van der Waals surface area contributed by atoms with Gasteiger partial charge in [-0.05, 0) is 25.8 Å². The van der Waals surface area contributed by atoms with E-state index in [9.17, 15) is 19.2 Å². The standard InChI is InChI=1S/C25H32N2O5/c1-16-19(10-11-20(28)27-15-18-8-6-5-7-9-18)23(30)17(2)22(24(16)31)25(3,4)14-21(29)32-13-12-26/h5-9H,10-15,26H2,1-4H3,(H,27,28). The van der Waals surface area contributed by atoms with Crippen LogP contribution in [0.15, 0.2) is 52.6 Å². The Kier molecular flexibility index (Phi) is 8.66. The van der Waals surface area contributed by atoms with Gasteiger partial charge in [0, 0.05) is 47.2 Å². The number of ether oxygens (including phenoxy) is 1. The van der Waals surface area contributed by atoms with Crippen molar-refractivity contribution in [2.24, 2.45) is 11.1 Å². The van der Waals surface area contributed by atoms with Crippen molar-refractivity contribution in [1.29, 1.82) is 0 Å². The third kappa shape index (κ3) is 6.23. The molecule has 1 aromatic carbocycles. The smallest absolute Gasteiger partial charge is 0.306 e. The van der Waals surface area contributed by atoms with Crippen LogP contribution in [0.25, 0.3) is 0 Å². The van der Waals surface area contributed by atoms with E-state index < -0.39 is 11.4 Å². The summed E-state index contributed by atoms with van der Waals surface area (Å²) < 4.78 is 5.04. The number of hydrogen-bond donors (Lipinski definition) is 2. The molecule has 7 heteroatoms. The summed E-state index contributed by atoms with van der Waals surface area (Å²) in [6.07, 6.45) is 0.250. The van der Waals surface area contributed by atoms with Gasteiger partial charge in [0.15, 0.2) is 11.6 Å². The number of hydrogen-bond acceptors (Lipinski definition) is 6. The molecule has 0 aromatic heterocycles. The fourth-order valence-corrected chi connectivity index (χ4v) is 3.92. The van der Waals surface area contributed by atoms with Crippen molar-refractivity contribution >= 4 is 23.4 Å². The maximum absolute atomic E-state index is 13.1. The van der Waals surface area contributed by atoms with E-state index in [4.69, 9.17) is 10.5 Å². The molecule has 172 valence electrons. The van der Waals surface area contributed by atoms with Gasteiger partial charge < -0.3 is 15.8 Å². The minimum Gasteiger partial charge on any atom is -0.464 e. The highest BCUT2D eigenvalue weighted by molar-refractivity contribution is 6.25. The van der Waals surface area contributed by atoms with Gasteiger partial charge in [-0.2, -0.15) is 0 Å². The lowest BCUT2D eigenvalue weighted by Gasteiger charge is -2.31. The van der Waals surface area contributed by atoms with Crippen LogP contribution in [0.4, 0.5) is 0 Å². The average molecular weight is 441 g/mol. The Hall–Kier alpha value is -3.06. The quantitative estimate of drug-likeness (QED) is 0.427. The molecule has 0 radical (unpaired) electrons. The monoisotopic (exact) mass is 440 g/mol. The number of ketones is 2. The zero-order valence-electron chi connectivity index (χ0n) is 19.2. The normalized spacial score (nSPS) is 14.7. The highest BCUT2D eigenvalue weighted by Gasteiger charge is 2.39. The molecule has 0 unspecified atom stereocenters. The van der Waals surface area contributed by atoms with Crippen LogP contribution >= 0.6 is 0 Å².